The van der Waals surface area contributed by atoms with Gasteiger partial charge in [-0.05, 0) is 70.0 Å². The monoisotopic (exact) mass is 382 g/mol. The number of benzene rings is 1. The number of nitrogens with one attached hydrogen (secondary N) is 2. The van der Waals surface area contributed by atoms with Gasteiger partial charge in [0, 0.05) is 30.7 Å². The van der Waals surface area contributed by atoms with Gasteiger partial charge in [-0.25, -0.2) is 9.78 Å². The molecule has 1 aromatic heterocycles. The Bertz CT molecular complexity index is 820. The van der Waals surface area contributed by atoms with Gasteiger partial charge in [0.15, 0.2) is 0 Å². The predicted molar refractivity (Wildman–Crippen MR) is 110 cm³/mol. The summed E-state index contributed by atoms with van der Waals surface area (Å²) in [6.45, 7) is 7.44. The van der Waals surface area contributed by atoms with Crippen molar-refractivity contribution in [3.8, 4) is 0 Å². The molecule has 1 fully saturated rings. The lowest BCUT2D eigenvalue weighted by atomic mass is 10.2. The maximum Gasteiger partial charge on any atom is 0.412 e. The first-order valence-electron chi connectivity index (χ1n) is 9.43. The molecule has 1 aliphatic heterocycles. The van der Waals surface area contributed by atoms with E-state index in [2.05, 4.69) is 20.5 Å². The minimum Gasteiger partial charge on any atom is -0.444 e. The molecule has 2 N–H and O–H groups in total. The molecular formula is C21H26N4O3. The third kappa shape index (κ3) is 5.45. The van der Waals surface area contributed by atoms with Gasteiger partial charge in [0.05, 0.1) is 5.56 Å². The molecule has 7 heteroatoms. The summed E-state index contributed by atoms with van der Waals surface area (Å²) in [6.07, 6.45) is 3.45. The van der Waals surface area contributed by atoms with Gasteiger partial charge in [-0.3, -0.25) is 10.1 Å². The van der Waals surface area contributed by atoms with Gasteiger partial charge in [-0.2, -0.15) is 0 Å². The van der Waals surface area contributed by atoms with Crippen LogP contribution in [0.2, 0.25) is 0 Å². The van der Waals surface area contributed by atoms with Crippen molar-refractivity contribution in [1.29, 1.82) is 0 Å². The van der Waals surface area contributed by atoms with Crippen LogP contribution in [0.1, 0.15) is 44.0 Å². The molecule has 0 atom stereocenters. The van der Waals surface area contributed by atoms with Crippen molar-refractivity contribution in [2.45, 2.75) is 39.2 Å². The fraction of sp³-hybridized carbons (Fsp3) is 0.381. The highest BCUT2D eigenvalue weighted by Crippen LogP contribution is 2.19. The van der Waals surface area contributed by atoms with Gasteiger partial charge in [-0.15, -0.1) is 0 Å². The molecule has 1 aromatic carbocycles. The summed E-state index contributed by atoms with van der Waals surface area (Å²) in [6, 6.07) is 10.5. The van der Waals surface area contributed by atoms with E-state index in [9.17, 15) is 9.59 Å². The molecular weight excluding hydrogens is 356 g/mol. The van der Waals surface area contributed by atoms with Crippen molar-refractivity contribution in [1.82, 2.24) is 4.98 Å². The van der Waals surface area contributed by atoms with Gasteiger partial charge in [-0.1, -0.05) is 0 Å². The largest absolute Gasteiger partial charge is 0.444 e. The number of nitrogens with zero attached hydrogens (tertiary/aromatic N) is 2. The second kappa shape index (κ2) is 8.29. The molecule has 0 bridgehead atoms. The SMILES string of the molecule is CC(C)(C)OC(=O)Nc1ccc(NC(=O)c2ccc(N3CCCC3)nc2)cc1. The second-order valence-electron chi connectivity index (χ2n) is 7.76. The molecule has 1 saturated heterocycles. The summed E-state index contributed by atoms with van der Waals surface area (Å²) < 4.78 is 5.21. The van der Waals surface area contributed by atoms with Gasteiger partial charge < -0.3 is 15.0 Å². The van der Waals surface area contributed by atoms with Crippen LogP contribution in [0.15, 0.2) is 42.6 Å². The Labute approximate surface area is 165 Å². The van der Waals surface area contributed by atoms with Crippen LogP contribution in [0.25, 0.3) is 0 Å². The number of pyridine rings is 1. The molecule has 0 saturated carbocycles. The third-order valence-electron chi connectivity index (χ3n) is 4.23. The number of ether oxygens (including phenoxy) is 1. The van der Waals surface area contributed by atoms with E-state index in [1.807, 2.05) is 6.07 Å². The highest BCUT2D eigenvalue weighted by molar-refractivity contribution is 6.04. The first-order chi connectivity index (χ1) is 13.3. The van der Waals surface area contributed by atoms with Gasteiger partial charge >= 0.3 is 6.09 Å². The lowest BCUT2D eigenvalue weighted by molar-refractivity contribution is 0.0635. The smallest absolute Gasteiger partial charge is 0.412 e. The van der Waals surface area contributed by atoms with Gasteiger partial charge in [0.25, 0.3) is 5.91 Å². The Balaban J connectivity index is 1.56. The number of hydrogen-bond acceptors (Lipinski definition) is 5. The summed E-state index contributed by atoms with van der Waals surface area (Å²) in [5.74, 6) is 0.681. The molecule has 0 aliphatic carbocycles. The van der Waals surface area contributed by atoms with E-state index in [-0.39, 0.29) is 5.91 Å². The van der Waals surface area contributed by atoms with E-state index in [1.165, 1.54) is 12.8 Å². The van der Waals surface area contributed by atoms with Crippen LogP contribution in [0.5, 0.6) is 0 Å². The van der Waals surface area contributed by atoms with Crippen molar-refractivity contribution in [3.05, 3.63) is 48.2 Å². The zero-order valence-electron chi connectivity index (χ0n) is 16.5. The number of amides is 2. The number of carbonyl (C=O) groups is 2. The van der Waals surface area contributed by atoms with Crippen LogP contribution in [0.3, 0.4) is 0 Å². The molecule has 3 rings (SSSR count). The van der Waals surface area contributed by atoms with Crippen LogP contribution in [-0.4, -0.2) is 35.7 Å². The highest BCUT2D eigenvalue weighted by atomic mass is 16.6. The maximum absolute atomic E-state index is 12.4. The number of anilines is 3. The van der Waals surface area contributed by atoms with Crippen molar-refractivity contribution >= 4 is 29.2 Å². The lowest BCUT2D eigenvalue weighted by Gasteiger charge is -2.19. The van der Waals surface area contributed by atoms with E-state index in [1.54, 1.807) is 57.3 Å². The summed E-state index contributed by atoms with van der Waals surface area (Å²) in [7, 11) is 0. The van der Waals surface area contributed by atoms with E-state index in [0.717, 1.165) is 18.9 Å². The van der Waals surface area contributed by atoms with Crippen LogP contribution >= 0.6 is 0 Å². The van der Waals surface area contributed by atoms with Crippen LogP contribution in [0.4, 0.5) is 22.0 Å². The zero-order valence-corrected chi connectivity index (χ0v) is 16.5. The standard InChI is InChI=1S/C21H26N4O3/c1-21(2,3)28-20(27)24-17-9-7-16(8-10-17)23-19(26)15-6-11-18(22-14-15)25-12-4-5-13-25/h6-11,14H,4-5,12-13H2,1-3H3,(H,23,26)(H,24,27). The maximum atomic E-state index is 12.4. The Kier molecular flexibility index (Phi) is 5.82. The molecule has 28 heavy (non-hydrogen) atoms. The van der Waals surface area contributed by atoms with Gasteiger partial charge in [0.2, 0.25) is 0 Å². The molecule has 148 valence electrons. The molecule has 0 spiro atoms. The summed E-state index contributed by atoms with van der Waals surface area (Å²) >= 11 is 0. The summed E-state index contributed by atoms with van der Waals surface area (Å²) in [4.78, 5) is 30.8. The first-order valence-corrected chi connectivity index (χ1v) is 9.43. The van der Waals surface area contributed by atoms with Crippen LogP contribution in [0, 0.1) is 0 Å². The number of carbonyl (C=O) groups excluding carboxylic acids is 2. The van der Waals surface area contributed by atoms with E-state index < -0.39 is 11.7 Å². The first kappa shape index (κ1) is 19.7. The molecule has 7 nitrogen and oxygen atoms in total. The fourth-order valence-electron chi connectivity index (χ4n) is 2.92. The van der Waals surface area contributed by atoms with Crippen LogP contribution in [-0.2, 0) is 4.74 Å². The third-order valence-corrected chi connectivity index (χ3v) is 4.23. The van der Waals surface area contributed by atoms with Crippen LogP contribution < -0.4 is 15.5 Å². The predicted octanol–water partition coefficient (Wildman–Crippen LogP) is 4.28. The van der Waals surface area contributed by atoms with Crippen molar-refractivity contribution in [3.63, 3.8) is 0 Å². The number of hydrogen-bond donors (Lipinski definition) is 2. The summed E-state index contributed by atoms with van der Waals surface area (Å²) in [5, 5.41) is 5.48. The Morgan fingerprint density at radius 1 is 0.964 bits per heavy atom. The van der Waals surface area contributed by atoms with E-state index >= 15 is 0 Å². The fourth-order valence-corrected chi connectivity index (χ4v) is 2.92. The minimum atomic E-state index is -0.559. The van der Waals surface area contributed by atoms with Crippen molar-refractivity contribution in [2.24, 2.45) is 0 Å². The Morgan fingerprint density at radius 3 is 2.11 bits per heavy atom. The molecule has 2 amide bonds. The van der Waals surface area contributed by atoms with E-state index in [4.69, 9.17) is 4.74 Å². The number of aromatic nitrogens is 1. The van der Waals surface area contributed by atoms with E-state index in [0.29, 0.717) is 16.9 Å². The summed E-state index contributed by atoms with van der Waals surface area (Å²) in [5.41, 5.74) is 1.15. The molecule has 0 unspecified atom stereocenters. The van der Waals surface area contributed by atoms with Crippen molar-refractivity contribution < 1.29 is 14.3 Å². The number of rotatable bonds is 4. The zero-order chi connectivity index (χ0) is 20.1. The molecule has 2 aromatic rings. The second-order valence-corrected chi connectivity index (χ2v) is 7.76. The Morgan fingerprint density at radius 2 is 1.57 bits per heavy atom. The lowest BCUT2D eigenvalue weighted by Crippen LogP contribution is -2.27. The molecule has 0 radical (unpaired) electrons. The quantitative estimate of drug-likeness (QED) is 0.824. The topological polar surface area (TPSA) is 83.6 Å². The van der Waals surface area contributed by atoms with Crippen molar-refractivity contribution in [2.75, 3.05) is 28.6 Å². The highest BCUT2D eigenvalue weighted by Gasteiger charge is 2.16. The Hall–Kier alpha value is -3.09. The molecule has 2 heterocycles. The average Bonchev–Trinajstić information content (AvgIpc) is 3.16. The van der Waals surface area contributed by atoms with Gasteiger partial charge in [0.1, 0.15) is 11.4 Å². The molecule has 1 aliphatic rings. The minimum absolute atomic E-state index is 0.228. The normalized spacial score (nSPS) is 13.9. The average molecular weight is 382 g/mol.